The van der Waals surface area contributed by atoms with Gasteiger partial charge in [-0.25, -0.2) is 42.2 Å². The SMILES string of the molecule is CO[C@H]1CN(c2ccn(-c3cc(-c4c(F)cccc4C#N)nc4c3C(=O)NC4)n2)C[C@H]1C.C[C@]1(O)CN(c2ccn(-c3cc(-c4c(F)cccc4C#N)nc4c3C(=O)NC4)n2)C[C@@](C)(O)C1.[2H]C1([2H])C[C@H](O)C([2H])([2H])N1c1ccn(-c2cc(-c3c(F)cccc3C#N)nc3c2C(=O)NC3)n1. The number of fused-ring (bicyclic) bond motifs is 3. The Kier molecular flexibility index (Phi) is 15.3. The first-order chi connectivity index (χ1) is 47.6. The highest BCUT2D eigenvalue weighted by molar-refractivity contribution is 6.03. The van der Waals surface area contributed by atoms with Crippen molar-refractivity contribution in [1.82, 2.24) is 60.2 Å². The minimum Gasteiger partial charge on any atom is -0.391 e. The van der Waals surface area contributed by atoms with Gasteiger partial charge in [0.2, 0.25) is 0 Å². The first kappa shape index (κ1) is 58.5. The Morgan fingerprint density at radius 1 is 0.573 bits per heavy atom. The Hall–Kier alpha value is -11.4. The van der Waals surface area contributed by atoms with Crippen molar-refractivity contribution < 1.29 is 53.1 Å². The quantitative estimate of drug-likeness (QED) is 0.0872. The zero-order chi connectivity index (χ0) is 71.1. The topological polar surface area (TPSA) is 330 Å². The molecule has 0 spiro atoms. The first-order valence-corrected chi connectivity index (χ1v) is 30.3. The summed E-state index contributed by atoms with van der Waals surface area (Å²) in [6.07, 6.45) is 3.19. The zero-order valence-electron chi connectivity index (χ0n) is 55.8. The van der Waals surface area contributed by atoms with E-state index in [2.05, 4.69) is 52.9 Å². The van der Waals surface area contributed by atoms with Crippen molar-refractivity contribution in [1.29, 1.82) is 15.8 Å². The Labute approximate surface area is 552 Å². The number of nitriles is 3. The van der Waals surface area contributed by atoms with Crippen molar-refractivity contribution >= 4 is 35.2 Å². The van der Waals surface area contributed by atoms with Gasteiger partial charge in [-0.2, -0.15) is 31.1 Å². The molecule has 3 amide bonds. The number of nitrogens with zero attached hydrogens (tertiary/aromatic N) is 15. The number of ether oxygens (including phenoxy) is 1. The number of aliphatic hydroxyl groups is 3. The maximum absolute atomic E-state index is 14.7. The lowest BCUT2D eigenvalue weighted by atomic mass is 9.84. The average molecular weight is 1300 g/mol. The standard InChI is InChI=1S/C24H23FN6O3.C23H21FN6O2.C21H17FN6O2/c1-23(33)11-24(2,34)13-30(12-23)19-6-7-31(29-19)18-8-16(28-17-10-27-22(32)21(17)18)20-14(9-26)4-3-5-15(20)25;1-13-11-29(12-19(13)32-2)20-6-7-30(28-20)18-8-16(27-17-10-26-23(31)22(17)18)21-14(9-25)4-3-5-15(21)24;22-14-3-1-2-12(9-23)19(14)15-8-17(20-16(25-15)10-24-21(20)30)28-7-5-18(26-28)27-6-4-13(29)11-27/h3-8,33-34H,10-13H2,1-2H3,(H,27,32);3-8,13,19H,10-12H2,1-2H3,(H,26,31);1-3,5,7-8,13,29H,4,6,10-11H2,(H,24,30)/t23-,24+;13-,19+;13-/m.10/s1/i;;6D2,11D2. The second-order valence-corrected chi connectivity index (χ2v) is 24.3. The fourth-order valence-electron chi connectivity index (χ4n) is 13.0. The summed E-state index contributed by atoms with van der Waals surface area (Å²) in [7, 11) is 1.71. The van der Waals surface area contributed by atoms with Crippen molar-refractivity contribution in [2.24, 2.45) is 5.92 Å². The van der Waals surface area contributed by atoms with Gasteiger partial charge in [0.15, 0.2) is 17.5 Å². The van der Waals surface area contributed by atoms with Crippen LogP contribution in [0.2, 0.25) is 0 Å². The number of nitrogens with one attached hydrogen (secondary N) is 3. The van der Waals surface area contributed by atoms with Crippen LogP contribution in [0.5, 0.6) is 0 Å². The highest BCUT2D eigenvalue weighted by atomic mass is 19.1. The van der Waals surface area contributed by atoms with Crippen LogP contribution in [0.3, 0.4) is 0 Å². The van der Waals surface area contributed by atoms with Crippen molar-refractivity contribution in [3.05, 3.63) is 178 Å². The molecular formula is C68H61F3N18O7. The summed E-state index contributed by atoms with van der Waals surface area (Å²) in [4.78, 5) is 55.7. The number of piperidine rings is 1. The maximum Gasteiger partial charge on any atom is 0.255 e. The van der Waals surface area contributed by atoms with Gasteiger partial charge < -0.3 is 50.7 Å². The molecule has 15 rings (SSSR count). The molecule has 0 radical (unpaired) electrons. The lowest BCUT2D eigenvalue weighted by Gasteiger charge is -2.44. The van der Waals surface area contributed by atoms with Crippen LogP contribution in [0.4, 0.5) is 30.6 Å². The third-order valence-electron chi connectivity index (χ3n) is 17.1. The molecule has 12 heterocycles. The summed E-state index contributed by atoms with van der Waals surface area (Å²) in [6.45, 7) is 3.45. The summed E-state index contributed by atoms with van der Waals surface area (Å²) in [5, 5.41) is 81.4. The molecule has 3 saturated heterocycles. The second kappa shape index (κ2) is 25.2. The van der Waals surface area contributed by atoms with Gasteiger partial charge in [0, 0.05) is 98.2 Å². The summed E-state index contributed by atoms with van der Waals surface area (Å²) in [5.74, 6) is -1.25. The number of β-amino-alcohol motifs (C(OH)–C–C–N with tert-alkyl or cyclic N) is 3. The molecule has 6 N–H and O–H groups in total. The number of methoxy groups -OCH3 is 1. The van der Waals surface area contributed by atoms with E-state index < -0.39 is 60.1 Å². The molecule has 0 bridgehead atoms. The van der Waals surface area contributed by atoms with E-state index in [1.165, 1.54) is 76.2 Å². The molecule has 0 aliphatic carbocycles. The molecule has 9 aromatic rings. The third-order valence-corrected chi connectivity index (χ3v) is 17.1. The lowest BCUT2D eigenvalue weighted by Crippen LogP contribution is -2.57. The normalized spacial score (nSPS) is 22.3. The number of carbonyl (C=O) groups excluding carboxylic acids is 3. The van der Waals surface area contributed by atoms with E-state index in [1.54, 1.807) is 67.2 Å². The van der Waals surface area contributed by atoms with Gasteiger partial charge >= 0.3 is 0 Å². The number of aliphatic hydroxyl groups excluding tert-OH is 1. The Balaban J connectivity index is 0.000000134. The minimum absolute atomic E-state index is 0.0314. The fourth-order valence-corrected chi connectivity index (χ4v) is 13.0. The van der Waals surface area contributed by atoms with Gasteiger partial charge in [-0.15, -0.1) is 0 Å². The Morgan fingerprint density at radius 2 is 0.948 bits per heavy atom. The molecule has 6 aromatic heterocycles. The van der Waals surface area contributed by atoms with Crippen LogP contribution < -0.4 is 30.7 Å². The van der Waals surface area contributed by atoms with Crippen LogP contribution in [0.25, 0.3) is 50.8 Å². The number of benzene rings is 3. The number of aromatic nitrogens is 9. The van der Waals surface area contributed by atoms with Gasteiger partial charge in [-0.05, 0) is 74.9 Å². The van der Waals surface area contributed by atoms with E-state index in [9.17, 15) is 58.7 Å². The molecule has 0 saturated carbocycles. The molecule has 6 aliphatic heterocycles. The molecule has 25 nitrogen and oxygen atoms in total. The van der Waals surface area contributed by atoms with Crippen LogP contribution in [-0.4, -0.2) is 147 Å². The van der Waals surface area contributed by atoms with Gasteiger partial charge in [-0.3, -0.25) is 14.4 Å². The summed E-state index contributed by atoms with van der Waals surface area (Å²) in [5.41, 5.74) is 2.19. The summed E-state index contributed by atoms with van der Waals surface area (Å²) in [6, 6.07) is 28.1. The minimum atomic E-state index is -2.42. The van der Waals surface area contributed by atoms with E-state index in [4.69, 9.17) is 15.3 Å². The monoisotopic (exact) mass is 1300 g/mol. The fraction of sp³-hybridized carbons (Fsp3) is 0.294. The number of rotatable bonds is 10. The number of anilines is 3. The predicted octanol–water partition coefficient (Wildman–Crippen LogP) is 6.32. The Morgan fingerprint density at radius 3 is 1.29 bits per heavy atom. The van der Waals surface area contributed by atoms with E-state index in [0.717, 1.165) is 23.8 Å². The van der Waals surface area contributed by atoms with Crippen LogP contribution in [0.1, 0.15) is 104 Å². The lowest BCUT2D eigenvalue weighted by molar-refractivity contribution is -0.0582. The van der Waals surface area contributed by atoms with Crippen LogP contribution in [0, 0.1) is 57.4 Å². The van der Waals surface area contributed by atoms with Crippen LogP contribution in [0.15, 0.2) is 110 Å². The maximum atomic E-state index is 14.7. The molecule has 5 atom stereocenters. The summed E-state index contributed by atoms with van der Waals surface area (Å²) < 4.78 is 86.6. The summed E-state index contributed by atoms with van der Waals surface area (Å²) >= 11 is 0. The molecular weight excluding hydrogens is 1240 g/mol. The van der Waals surface area contributed by atoms with Gasteiger partial charge in [-0.1, -0.05) is 25.1 Å². The van der Waals surface area contributed by atoms with E-state index in [1.807, 2.05) is 24.3 Å². The van der Waals surface area contributed by atoms with Gasteiger partial charge in [0.05, 0.1) is 165 Å². The van der Waals surface area contributed by atoms with E-state index in [0.29, 0.717) is 51.3 Å². The Bertz CT molecular complexity index is 4970. The van der Waals surface area contributed by atoms with Gasteiger partial charge in [0.1, 0.15) is 17.5 Å². The number of halogens is 3. The first-order valence-electron chi connectivity index (χ1n) is 32.3. The van der Waals surface area contributed by atoms with Crippen molar-refractivity contribution in [2.45, 2.75) is 76.7 Å². The number of pyridine rings is 3. The molecule has 3 aromatic carbocycles. The molecule has 486 valence electrons. The third kappa shape index (κ3) is 12.1. The molecule has 96 heavy (non-hydrogen) atoms. The smallest absolute Gasteiger partial charge is 0.255 e. The molecule has 6 aliphatic rings. The molecule has 28 heteroatoms. The molecule has 3 fully saturated rings. The largest absolute Gasteiger partial charge is 0.391 e. The average Bonchev–Trinajstić information content (AvgIpc) is 1.58. The number of carbonyl (C=O) groups is 3. The number of hydrogen-bond donors (Lipinski definition) is 6. The predicted molar refractivity (Wildman–Crippen MR) is 341 cm³/mol. The van der Waals surface area contributed by atoms with Crippen molar-refractivity contribution in [2.75, 3.05) is 61.0 Å². The van der Waals surface area contributed by atoms with Gasteiger partial charge in [0.25, 0.3) is 17.7 Å². The second-order valence-electron chi connectivity index (χ2n) is 24.3. The van der Waals surface area contributed by atoms with Crippen molar-refractivity contribution in [3.63, 3.8) is 0 Å². The number of amides is 3. The van der Waals surface area contributed by atoms with Crippen molar-refractivity contribution in [3.8, 4) is 69.0 Å². The molecule has 0 unspecified atom stereocenters. The van der Waals surface area contributed by atoms with Crippen LogP contribution in [-0.2, 0) is 24.4 Å². The van der Waals surface area contributed by atoms with E-state index >= 15 is 0 Å². The zero-order valence-corrected chi connectivity index (χ0v) is 51.8. The number of hydrogen-bond acceptors (Lipinski definition) is 19. The van der Waals surface area contributed by atoms with Crippen LogP contribution >= 0.6 is 0 Å². The van der Waals surface area contributed by atoms with E-state index in [-0.39, 0.29) is 125 Å². The highest BCUT2D eigenvalue weighted by Crippen LogP contribution is 2.38. The highest BCUT2D eigenvalue weighted by Gasteiger charge is 2.42.